The van der Waals surface area contributed by atoms with Crippen LogP contribution in [0.3, 0.4) is 0 Å². The number of fused-ring (bicyclic) bond motifs is 3. The van der Waals surface area contributed by atoms with Crippen LogP contribution in [0.2, 0.25) is 0 Å². The molecule has 0 saturated carbocycles. The molecule has 2 saturated heterocycles. The van der Waals surface area contributed by atoms with Crippen LogP contribution in [0.15, 0.2) is 30.0 Å². The van der Waals surface area contributed by atoms with Gasteiger partial charge in [0.25, 0.3) is 5.91 Å². The van der Waals surface area contributed by atoms with Gasteiger partial charge in [0.15, 0.2) is 5.82 Å². The average molecular weight is 478 g/mol. The van der Waals surface area contributed by atoms with Crippen LogP contribution in [0, 0.1) is 6.92 Å². The number of aromatic amines is 1. The third-order valence-electron chi connectivity index (χ3n) is 6.74. The molecule has 0 aliphatic carbocycles. The van der Waals surface area contributed by atoms with Crippen molar-refractivity contribution in [2.75, 3.05) is 10.6 Å². The van der Waals surface area contributed by atoms with Gasteiger partial charge in [-0.3, -0.25) is 9.89 Å². The summed E-state index contributed by atoms with van der Waals surface area (Å²) < 4.78 is 1.82. The molecule has 2 fully saturated rings. The number of anilines is 3. The highest BCUT2D eigenvalue weighted by Gasteiger charge is 2.41. The SMILES string of the molecule is Cc1cc(Nc2nc(NC3CC4CCCC(C3)N4C(=O)c3cn(C)cn3)nc3sccc23)n[nH]1. The summed E-state index contributed by atoms with van der Waals surface area (Å²) in [5, 5.41) is 17.1. The molecule has 2 atom stereocenters. The number of nitrogens with one attached hydrogen (secondary N) is 3. The van der Waals surface area contributed by atoms with Crippen molar-refractivity contribution in [2.24, 2.45) is 7.05 Å². The van der Waals surface area contributed by atoms with Crippen LogP contribution < -0.4 is 10.6 Å². The van der Waals surface area contributed by atoms with E-state index in [1.165, 1.54) is 0 Å². The first-order valence-electron chi connectivity index (χ1n) is 11.6. The molecule has 0 aromatic carbocycles. The van der Waals surface area contributed by atoms with Crippen molar-refractivity contribution >= 4 is 45.0 Å². The molecule has 1 amide bonds. The smallest absolute Gasteiger partial charge is 0.274 e. The van der Waals surface area contributed by atoms with Crippen LogP contribution in [-0.4, -0.2) is 58.6 Å². The molecule has 2 bridgehead atoms. The number of aromatic nitrogens is 6. The molecule has 2 aliphatic heterocycles. The van der Waals surface area contributed by atoms with Gasteiger partial charge in [-0.05, 0) is 50.5 Å². The molecule has 11 heteroatoms. The largest absolute Gasteiger partial charge is 0.351 e. The highest BCUT2D eigenvalue weighted by molar-refractivity contribution is 7.16. The Morgan fingerprint density at radius 2 is 2.06 bits per heavy atom. The number of amides is 1. The quantitative estimate of drug-likeness (QED) is 0.400. The van der Waals surface area contributed by atoms with Gasteiger partial charge in [0.05, 0.1) is 11.7 Å². The van der Waals surface area contributed by atoms with Crippen molar-refractivity contribution in [3.05, 3.63) is 41.4 Å². The molecule has 176 valence electrons. The zero-order valence-corrected chi connectivity index (χ0v) is 20.0. The van der Waals surface area contributed by atoms with Crippen molar-refractivity contribution in [3.63, 3.8) is 0 Å². The van der Waals surface area contributed by atoms with Crippen LogP contribution in [0.4, 0.5) is 17.6 Å². The molecule has 0 spiro atoms. The number of hydrogen-bond donors (Lipinski definition) is 3. The topological polar surface area (TPSA) is 117 Å². The normalized spacial score (nSPS) is 22.2. The number of nitrogens with zero attached hydrogens (tertiary/aromatic N) is 6. The van der Waals surface area contributed by atoms with E-state index in [0.29, 0.717) is 11.6 Å². The Bertz CT molecular complexity index is 1330. The van der Waals surface area contributed by atoms with Crippen molar-refractivity contribution in [1.29, 1.82) is 0 Å². The molecule has 10 nitrogen and oxygen atoms in total. The van der Waals surface area contributed by atoms with E-state index in [-0.39, 0.29) is 24.0 Å². The van der Waals surface area contributed by atoms with Crippen molar-refractivity contribution in [2.45, 2.75) is 57.2 Å². The molecule has 6 heterocycles. The number of carbonyl (C=O) groups excluding carboxylic acids is 1. The Hall–Kier alpha value is -3.47. The summed E-state index contributed by atoms with van der Waals surface area (Å²) in [4.78, 5) is 30.1. The molecule has 3 N–H and O–H groups in total. The summed E-state index contributed by atoms with van der Waals surface area (Å²) in [7, 11) is 1.89. The molecular weight excluding hydrogens is 450 g/mol. The number of H-pyrrole nitrogens is 1. The number of piperidine rings is 2. The van der Waals surface area contributed by atoms with Crippen molar-refractivity contribution in [1.82, 2.24) is 34.6 Å². The number of imidazole rings is 1. The molecule has 6 rings (SSSR count). The first kappa shape index (κ1) is 21.1. The van der Waals surface area contributed by atoms with E-state index in [4.69, 9.17) is 9.97 Å². The lowest BCUT2D eigenvalue weighted by atomic mass is 9.81. The van der Waals surface area contributed by atoms with E-state index in [9.17, 15) is 4.79 Å². The number of aryl methyl sites for hydroxylation is 2. The van der Waals surface area contributed by atoms with E-state index >= 15 is 0 Å². The van der Waals surface area contributed by atoms with E-state index in [0.717, 1.165) is 59.7 Å². The second kappa shape index (κ2) is 8.39. The summed E-state index contributed by atoms with van der Waals surface area (Å²) in [5.41, 5.74) is 1.51. The fraction of sp³-hybridized carbons (Fsp3) is 0.435. The predicted molar refractivity (Wildman–Crippen MR) is 131 cm³/mol. The Labute approximate surface area is 200 Å². The van der Waals surface area contributed by atoms with Crippen LogP contribution in [0.1, 0.15) is 48.3 Å². The number of thiophene rings is 1. The van der Waals surface area contributed by atoms with E-state index < -0.39 is 0 Å². The van der Waals surface area contributed by atoms with Gasteiger partial charge in [-0.15, -0.1) is 11.3 Å². The highest BCUT2D eigenvalue weighted by atomic mass is 32.1. The highest BCUT2D eigenvalue weighted by Crippen LogP contribution is 2.36. The monoisotopic (exact) mass is 477 g/mol. The summed E-state index contributed by atoms with van der Waals surface area (Å²) in [5.74, 6) is 2.12. The maximum absolute atomic E-state index is 13.2. The second-order valence-corrected chi connectivity index (χ2v) is 10.2. The fourth-order valence-electron chi connectivity index (χ4n) is 5.29. The average Bonchev–Trinajstić information content (AvgIpc) is 3.54. The number of carbonyl (C=O) groups is 1. The Kier molecular flexibility index (Phi) is 5.20. The Balaban J connectivity index is 1.22. The molecule has 4 aromatic rings. The molecule has 2 aliphatic rings. The van der Waals surface area contributed by atoms with Crippen molar-refractivity contribution < 1.29 is 4.79 Å². The molecule has 0 radical (unpaired) electrons. The van der Waals surface area contributed by atoms with E-state index in [1.54, 1.807) is 17.7 Å². The Morgan fingerprint density at radius 1 is 1.24 bits per heavy atom. The van der Waals surface area contributed by atoms with Gasteiger partial charge in [0.2, 0.25) is 5.95 Å². The van der Waals surface area contributed by atoms with Gasteiger partial charge in [-0.2, -0.15) is 10.1 Å². The number of rotatable bonds is 5. The molecule has 34 heavy (non-hydrogen) atoms. The predicted octanol–water partition coefficient (Wildman–Crippen LogP) is 3.84. The summed E-state index contributed by atoms with van der Waals surface area (Å²) in [6, 6.07) is 4.59. The maximum atomic E-state index is 13.2. The Morgan fingerprint density at radius 3 is 2.76 bits per heavy atom. The van der Waals surface area contributed by atoms with Gasteiger partial charge < -0.3 is 20.1 Å². The van der Waals surface area contributed by atoms with Gasteiger partial charge in [0.1, 0.15) is 16.3 Å². The third kappa shape index (κ3) is 3.89. The maximum Gasteiger partial charge on any atom is 0.274 e. The van der Waals surface area contributed by atoms with E-state index in [2.05, 4.69) is 30.7 Å². The number of hydrogen-bond acceptors (Lipinski definition) is 8. The summed E-state index contributed by atoms with van der Waals surface area (Å²) in [6.45, 7) is 1.97. The molecule has 4 aromatic heterocycles. The lowest BCUT2D eigenvalue weighted by molar-refractivity contribution is 0.0254. The van der Waals surface area contributed by atoms with E-state index in [1.807, 2.05) is 42.2 Å². The van der Waals surface area contributed by atoms with Gasteiger partial charge >= 0.3 is 0 Å². The lowest BCUT2D eigenvalue weighted by Gasteiger charge is -2.48. The summed E-state index contributed by atoms with van der Waals surface area (Å²) >= 11 is 1.59. The third-order valence-corrected chi connectivity index (χ3v) is 7.55. The molecule has 2 unspecified atom stereocenters. The minimum atomic E-state index is 0.0470. The fourth-order valence-corrected chi connectivity index (χ4v) is 6.05. The van der Waals surface area contributed by atoms with Crippen LogP contribution >= 0.6 is 11.3 Å². The summed E-state index contributed by atoms with van der Waals surface area (Å²) in [6.07, 6.45) is 8.44. The van der Waals surface area contributed by atoms with Crippen LogP contribution in [-0.2, 0) is 7.05 Å². The van der Waals surface area contributed by atoms with Gasteiger partial charge in [-0.1, -0.05) is 0 Å². The van der Waals surface area contributed by atoms with Crippen LogP contribution in [0.5, 0.6) is 0 Å². The standard InChI is InChI=1S/C23H27N9OS/c1-13-8-19(30-29-13)26-20-17-6-7-34-21(17)28-23(27-20)25-14-9-15-4-3-5-16(10-14)32(15)22(33)18-11-31(2)12-24-18/h6-8,11-12,14-16H,3-5,9-10H2,1-2H3,(H3,25,26,27,28,29,30). The first-order chi connectivity index (χ1) is 16.5. The molecular formula is C23H27N9OS. The zero-order valence-electron chi connectivity index (χ0n) is 19.2. The van der Waals surface area contributed by atoms with Crippen LogP contribution in [0.25, 0.3) is 10.2 Å². The zero-order chi connectivity index (χ0) is 23.2. The minimum Gasteiger partial charge on any atom is -0.351 e. The lowest BCUT2D eigenvalue weighted by Crippen LogP contribution is -2.57. The minimum absolute atomic E-state index is 0.0470. The second-order valence-electron chi connectivity index (χ2n) is 9.28. The van der Waals surface area contributed by atoms with Gasteiger partial charge in [-0.25, -0.2) is 9.97 Å². The van der Waals surface area contributed by atoms with Crippen molar-refractivity contribution in [3.8, 4) is 0 Å². The van der Waals surface area contributed by atoms with Gasteiger partial charge in [0, 0.05) is 43.1 Å². The first-order valence-corrected chi connectivity index (χ1v) is 12.5.